The standard InChI is InChI=1S/C25H16ClO2S2/c26-29-17-11-13-23-21(15-17)25(27)22-16-20(12-14-24(22)28-23)30(18-7-3-1-4-8-18)19-9-5-2-6-10-19/h1-16H/q+1. The van der Waals surface area contributed by atoms with Gasteiger partial charge in [-0.3, -0.25) is 4.79 Å². The van der Waals surface area contributed by atoms with Gasteiger partial charge in [0.25, 0.3) is 0 Å². The molecule has 0 unspecified atom stereocenters. The van der Waals surface area contributed by atoms with Gasteiger partial charge in [-0.05, 0) is 76.3 Å². The number of fused-ring (bicyclic) bond motifs is 2. The zero-order valence-electron chi connectivity index (χ0n) is 15.7. The molecule has 0 saturated heterocycles. The number of hydrogen-bond acceptors (Lipinski definition) is 3. The second-order valence-electron chi connectivity index (χ2n) is 6.76. The predicted octanol–water partition coefficient (Wildman–Crippen LogP) is 7.29. The average Bonchev–Trinajstić information content (AvgIpc) is 2.81. The summed E-state index contributed by atoms with van der Waals surface area (Å²) in [6, 6.07) is 32.1. The van der Waals surface area contributed by atoms with Crippen LogP contribution < -0.4 is 5.43 Å². The largest absolute Gasteiger partial charge is 0.456 e. The lowest BCUT2D eigenvalue weighted by atomic mass is 10.1. The molecular formula is C25H16ClO2S2+. The summed E-state index contributed by atoms with van der Waals surface area (Å²) in [6.07, 6.45) is 0. The highest BCUT2D eigenvalue weighted by molar-refractivity contribution is 8.21. The molecular weight excluding hydrogens is 432 g/mol. The molecule has 0 radical (unpaired) electrons. The Hall–Kier alpha value is -2.66. The molecule has 0 aliphatic carbocycles. The van der Waals surface area contributed by atoms with Gasteiger partial charge in [0.1, 0.15) is 11.2 Å². The average molecular weight is 448 g/mol. The van der Waals surface area contributed by atoms with E-state index in [0.717, 1.165) is 20.8 Å². The van der Waals surface area contributed by atoms with Crippen molar-refractivity contribution in [3.05, 3.63) is 107 Å². The van der Waals surface area contributed by atoms with Crippen LogP contribution in [0.1, 0.15) is 0 Å². The molecule has 0 fully saturated rings. The first-order chi connectivity index (χ1) is 14.7. The van der Waals surface area contributed by atoms with E-state index in [2.05, 4.69) is 30.3 Å². The van der Waals surface area contributed by atoms with Gasteiger partial charge in [0.05, 0.1) is 21.7 Å². The first-order valence-corrected chi connectivity index (χ1v) is 12.2. The minimum atomic E-state index is -0.324. The zero-order chi connectivity index (χ0) is 20.5. The van der Waals surface area contributed by atoms with Crippen molar-refractivity contribution in [3.8, 4) is 0 Å². The smallest absolute Gasteiger partial charge is 0.200 e. The molecule has 0 aliphatic rings. The summed E-state index contributed by atoms with van der Waals surface area (Å²) in [5.41, 5.74) is 1.12. The van der Waals surface area contributed by atoms with Crippen molar-refractivity contribution in [1.82, 2.24) is 0 Å². The Balaban J connectivity index is 1.75. The van der Waals surface area contributed by atoms with E-state index in [-0.39, 0.29) is 16.3 Å². The van der Waals surface area contributed by atoms with E-state index < -0.39 is 0 Å². The third kappa shape index (κ3) is 3.52. The number of benzene rings is 4. The lowest BCUT2D eigenvalue weighted by molar-refractivity contribution is 0.659. The summed E-state index contributed by atoms with van der Waals surface area (Å²) in [5, 5.41) is 1.13. The summed E-state index contributed by atoms with van der Waals surface area (Å²) in [4.78, 5) is 17.6. The SMILES string of the molecule is O=c1c2cc(SCl)ccc2oc2ccc([S+](c3ccccc3)c3ccccc3)cc12. The van der Waals surface area contributed by atoms with Gasteiger partial charge in [0.15, 0.2) is 14.7 Å². The minimum Gasteiger partial charge on any atom is -0.456 e. The fraction of sp³-hybridized carbons (Fsp3) is 0. The molecule has 0 aliphatic heterocycles. The van der Waals surface area contributed by atoms with E-state index in [4.69, 9.17) is 15.1 Å². The molecule has 1 aromatic heterocycles. The van der Waals surface area contributed by atoms with Gasteiger partial charge in [-0.15, -0.1) is 0 Å². The molecule has 0 saturated carbocycles. The molecule has 1 heterocycles. The van der Waals surface area contributed by atoms with Crippen LogP contribution in [0.15, 0.2) is 126 Å². The molecule has 30 heavy (non-hydrogen) atoms. The summed E-state index contributed by atoms with van der Waals surface area (Å²) in [7, 11) is 6.65. The van der Waals surface area contributed by atoms with E-state index in [9.17, 15) is 4.79 Å². The van der Waals surface area contributed by atoms with Crippen molar-refractivity contribution in [2.75, 3.05) is 0 Å². The maximum atomic E-state index is 13.3. The fourth-order valence-corrected chi connectivity index (χ4v) is 6.20. The van der Waals surface area contributed by atoms with Crippen LogP contribution in [-0.4, -0.2) is 0 Å². The van der Waals surface area contributed by atoms with Crippen molar-refractivity contribution in [3.63, 3.8) is 0 Å². The van der Waals surface area contributed by atoms with Crippen LogP contribution >= 0.6 is 21.7 Å². The van der Waals surface area contributed by atoms with Crippen molar-refractivity contribution in [1.29, 1.82) is 0 Å². The Morgan fingerprint density at radius 1 is 0.667 bits per heavy atom. The van der Waals surface area contributed by atoms with E-state index in [1.807, 2.05) is 54.6 Å². The highest BCUT2D eigenvalue weighted by atomic mass is 35.7. The van der Waals surface area contributed by atoms with Crippen molar-refractivity contribution in [2.24, 2.45) is 0 Å². The van der Waals surface area contributed by atoms with Gasteiger partial charge in [0, 0.05) is 11.0 Å². The molecule has 0 spiro atoms. The zero-order valence-corrected chi connectivity index (χ0v) is 18.1. The second-order valence-corrected chi connectivity index (χ2v) is 9.87. The third-order valence-corrected chi connectivity index (χ3v) is 8.07. The lowest BCUT2D eigenvalue weighted by Gasteiger charge is -2.09. The fourth-order valence-electron chi connectivity index (χ4n) is 3.51. The van der Waals surface area contributed by atoms with Gasteiger partial charge in [0.2, 0.25) is 5.43 Å². The Morgan fingerprint density at radius 2 is 1.23 bits per heavy atom. The second kappa shape index (κ2) is 8.23. The van der Waals surface area contributed by atoms with E-state index in [0.29, 0.717) is 21.9 Å². The lowest BCUT2D eigenvalue weighted by Crippen LogP contribution is -2.07. The highest BCUT2D eigenvalue weighted by Crippen LogP contribution is 2.33. The van der Waals surface area contributed by atoms with Crippen molar-refractivity contribution >= 4 is 54.5 Å². The molecule has 0 N–H and O–H groups in total. The highest BCUT2D eigenvalue weighted by Gasteiger charge is 2.29. The van der Waals surface area contributed by atoms with Crippen LogP contribution in [0.5, 0.6) is 0 Å². The molecule has 0 bridgehead atoms. The maximum Gasteiger partial charge on any atom is 0.200 e. The van der Waals surface area contributed by atoms with Gasteiger partial charge in [-0.2, -0.15) is 0 Å². The first kappa shape index (κ1) is 19.3. The monoisotopic (exact) mass is 447 g/mol. The number of rotatable bonds is 4. The molecule has 5 rings (SSSR count). The number of halogens is 1. The van der Waals surface area contributed by atoms with Crippen LogP contribution in [0.4, 0.5) is 0 Å². The molecule has 146 valence electrons. The Morgan fingerprint density at radius 3 is 1.83 bits per heavy atom. The maximum absolute atomic E-state index is 13.3. The topological polar surface area (TPSA) is 30.2 Å². The normalized spacial score (nSPS) is 11.4. The molecule has 0 atom stereocenters. The third-order valence-electron chi connectivity index (χ3n) is 4.89. The number of hydrogen-bond donors (Lipinski definition) is 0. The van der Waals surface area contributed by atoms with Crippen LogP contribution in [0, 0.1) is 0 Å². The molecule has 2 nitrogen and oxygen atoms in total. The minimum absolute atomic E-state index is 0.0367. The molecule has 5 heteroatoms. The van der Waals surface area contributed by atoms with Crippen LogP contribution in [-0.2, 0) is 10.9 Å². The summed E-state index contributed by atoms with van der Waals surface area (Å²) in [6.45, 7) is 0. The van der Waals surface area contributed by atoms with Gasteiger partial charge >= 0.3 is 0 Å². The Bertz CT molecular complexity index is 1360. The van der Waals surface area contributed by atoms with E-state index in [1.54, 1.807) is 12.1 Å². The van der Waals surface area contributed by atoms with Crippen LogP contribution in [0.25, 0.3) is 21.9 Å². The van der Waals surface area contributed by atoms with Gasteiger partial charge in [-0.25, -0.2) is 0 Å². The van der Waals surface area contributed by atoms with Gasteiger partial charge < -0.3 is 4.42 Å². The summed E-state index contributed by atoms with van der Waals surface area (Å²) < 4.78 is 6.02. The quantitative estimate of drug-likeness (QED) is 0.214. The van der Waals surface area contributed by atoms with Crippen LogP contribution in [0.3, 0.4) is 0 Å². The molecule has 5 aromatic rings. The Labute approximate surface area is 185 Å². The predicted molar refractivity (Wildman–Crippen MR) is 127 cm³/mol. The van der Waals surface area contributed by atoms with Crippen molar-refractivity contribution < 1.29 is 4.42 Å². The summed E-state index contributed by atoms with van der Waals surface area (Å²) in [5.74, 6) is 0. The van der Waals surface area contributed by atoms with Crippen molar-refractivity contribution in [2.45, 2.75) is 19.6 Å². The summed E-state index contributed by atoms with van der Waals surface area (Å²) >= 11 is 0. The van der Waals surface area contributed by atoms with E-state index in [1.165, 1.54) is 9.79 Å². The Kier molecular flexibility index (Phi) is 5.30. The van der Waals surface area contributed by atoms with Crippen LogP contribution in [0.2, 0.25) is 0 Å². The first-order valence-electron chi connectivity index (χ1n) is 9.38. The molecule has 0 amide bonds. The van der Waals surface area contributed by atoms with E-state index >= 15 is 0 Å². The van der Waals surface area contributed by atoms with Gasteiger partial charge in [-0.1, -0.05) is 36.4 Å². The molecule has 4 aromatic carbocycles.